The number of carbonyl (C=O) groups excluding carboxylic acids is 1. The third kappa shape index (κ3) is 3.46. The maximum atomic E-state index is 12.2. The second-order valence-corrected chi connectivity index (χ2v) is 8.69. The Morgan fingerprint density at radius 3 is 2.64 bits per heavy atom. The predicted molar refractivity (Wildman–Crippen MR) is 81.8 cm³/mol. The number of hydrogen-bond acceptors (Lipinski definition) is 6. The second kappa shape index (κ2) is 6.33. The molecule has 0 spiro atoms. The average Bonchev–Trinajstić information content (AvgIpc) is 2.80. The van der Waals surface area contributed by atoms with Gasteiger partial charge in [-0.25, -0.2) is 18.2 Å². The molecule has 2 unspecified atom stereocenters. The first-order valence-electron chi connectivity index (χ1n) is 6.95. The highest BCUT2D eigenvalue weighted by atomic mass is 32.2. The number of nitrogens with zero attached hydrogens (tertiary/aromatic N) is 1. The lowest BCUT2D eigenvalue weighted by molar-refractivity contribution is -0.121. The minimum atomic E-state index is -3.39. The Bertz CT molecular complexity index is 695. The van der Waals surface area contributed by atoms with Crippen LogP contribution in [0, 0.1) is 6.92 Å². The van der Waals surface area contributed by atoms with Crippen LogP contribution in [0.5, 0.6) is 0 Å². The van der Waals surface area contributed by atoms with Gasteiger partial charge in [-0.1, -0.05) is 6.42 Å². The van der Waals surface area contributed by atoms with Crippen LogP contribution in [0.15, 0.2) is 0 Å². The molecule has 0 bridgehead atoms. The molecule has 1 aliphatic rings. The Labute approximate surface area is 132 Å². The zero-order valence-corrected chi connectivity index (χ0v) is 14.0. The van der Waals surface area contributed by atoms with Crippen molar-refractivity contribution in [1.29, 1.82) is 0 Å². The minimum Gasteiger partial charge on any atom is -0.477 e. The quantitative estimate of drug-likeness (QED) is 0.849. The van der Waals surface area contributed by atoms with E-state index in [0.717, 1.165) is 11.3 Å². The first-order valence-corrected chi connectivity index (χ1v) is 9.48. The Morgan fingerprint density at radius 2 is 2.09 bits per heavy atom. The topological polar surface area (TPSA) is 113 Å². The lowest BCUT2D eigenvalue weighted by Crippen LogP contribution is -2.43. The van der Waals surface area contributed by atoms with Gasteiger partial charge in [-0.05, 0) is 26.7 Å². The SMILES string of the molecule is Cc1nc(C(C)NC(=O)C2CCCCS2(=O)=O)sc1C(=O)O. The summed E-state index contributed by atoms with van der Waals surface area (Å²) >= 11 is 0.989. The number of rotatable bonds is 4. The van der Waals surface area contributed by atoms with Crippen molar-refractivity contribution in [3.8, 4) is 0 Å². The number of amides is 1. The zero-order valence-electron chi connectivity index (χ0n) is 12.3. The predicted octanol–water partition coefficient (Wildman–Crippen LogP) is 1.29. The standard InChI is InChI=1S/C13H18N2O5S2/c1-7-10(13(17)18)21-12(15-7)8(2)14-11(16)9-5-3-4-6-22(9,19)20/h8-9H,3-6H2,1-2H3,(H,14,16)(H,17,18). The van der Waals surface area contributed by atoms with Gasteiger partial charge in [0.05, 0.1) is 17.5 Å². The molecule has 2 rings (SSSR count). The molecular formula is C13H18N2O5S2. The number of carboxylic acid groups (broad SMARTS) is 1. The Kier molecular flexibility index (Phi) is 4.86. The van der Waals surface area contributed by atoms with Crippen LogP contribution in [0.1, 0.15) is 52.6 Å². The van der Waals surface area contributed by atoms with Gasteiger partial charge in [0.15, 0.2) is 9.84 Å². The first-order chi connectivity index (χ1) is 10.2. The van der Waals surface area contributed by atoms with E-state index >= 15 is 0 Å². The fourth-order valence-electron chi connectivity index (χ4n) is 2.42. The summed E-state index contributed by atoms with van der Waals surface area (Å²) in [5, 5.41) is 11.1. The molecule has 2 N–H and O–H groups in total. The highest BCUT2D eigenvalue weighted by Gasteiger charge is 2.35. The normalized spacial score (nSPS) is 22.0. The molecule has 9 heteroatoms. The molecule has 0 radical (unpaired) electrons. The maximum absolute atomic E-state index is 12.2. The van der Waals surface area contributed by atoms with Crippen LogP contribution in [0.25, 0.3) is 0 Å². The summed E-state index contributed by atoms with van der Waals surface area (Å²) < 4.78 is 23.9. The van der Waals surface area contributed by atoms with Crippen molar-refractivity contribution in [2.45, 2.75) is 44.4 Å². The van der Waals surface area contributed by atoms with Crippen molar-refractivity contribution in [1.82, 2.24) is 10.3 Å². The van der Waals surface area contributed by atoms with Crippen LogP contribution >= 0.6 is 11.3 Å². The van der Waals surface area contributed by atoms with Crippen molar-refractivity contribution in [2.24, 2.45) is 0 Å². The number of aromatic nitrogens is 1. The van der Waals surface area contributed by atoms with Gasteiger partial charge >= 0.3 is 5.97 Å². The summed E-state index contributed by atoms with van der Waals surface area (Å²) in [6, 6.07) is -0.526. The summed E-state index contributed by atoms with van der Waals surface area (Å²) in [4.78, 5) is 27.5. The molecule has 1 aromatic heterocycles. The molecule has 2 heterocycles. The smallest absolute Gasteiger partial charge is 0.347 e. The molecular weight excluding hydrogens is 328 g/mol. The van der Waals surface area contributed by atoms with Crippen molar-refractivity contribution in [2.75, 3.05) is 5.75 Å². The molecule has 2 atom stereocenters. The van der Waals surface area contributed by atoms with E-state index < -0.39 is 33.0 Å². The van der Waals surface area contributed by atoms with Gasteiger partial charge in [-0.3, -0.25) is 4.79 Å². The summed E-state index contributed by atoms with van der Waals surface area (Å²) in [6.07, 6.45) is 1.64. The summed E-state index contributed by atoms with van der Waals surface area (Å²) in [7, 11) is -3.39. The lowest BCUT2D eigenvalue weighted by Gasteiger charge is -2.22. The van der Waals surface area contributed by atoms with Gasteiger partial charge in [0.1, 0.15) is 15.1 Å². The van der Waals surface area contributed by atoms with Crippen LogP contribution in [0.4, 0.5) is 0 Å². The number of carbonyl (C=O) groups is 2. The van der Waals surface area contributed by atoms with E-state index in [4.69, 9.17) is 5.11 Å². The Hall–Kier alpha value is -1.48. The van der Waals surface area contributed by atoms with E-state index in [0.29, 0.717) is 30.0 Å². The largest absolute Gasteiger partial charge is 0.477 e. The molecule has 0 aliphatic carbocycles. The van der Waals surface area contributed by atoms with Crippen LogP contribution in [-0.2, 0) is 14.6 Å². The van der Waals surface area contributed by atoms with Gasteiger partial charge in [-0.15, -0.1) is 11.3 Å². The monoisotopic (exact) mass is 346 g/mol. The van der Waals surface area contributed by atoms with E-state index in [1.54, 1.807) is 13.8 Å². The molecule has 1 aromatic rings. The highest BCUT2D eigenvalue weighted by molar-refractivity contribution is 7.92. The Balaban J connectivity index is 2.11. The van der Waals surface area contributed by atoms with Crippen LogP contribution in [0.3, 0.4) is 0 Å². The fourth-order valence-corrected chi connectivity index (χ4v) is 5.14. The molecule has 22 heavy (non-hydrogen) atoms. The van der Waals surface area contributed by atoms with Crippen LogP contribution in [0.2, 0.25) is 0 Å². The minimum absolute atomic E-state index is 0.0407. The van der Waals surface area contributed by atoms with Crippen LogP contribution in [-0.4, -0.2) is 41.4 Å². The van der Waals surface area contributed by atoms with Gasteiger partial charge in [0, 0.05) is 0 Å². The van der Waals surface area contributed by atoms with Crippen molar-refractivity contribution in [3.05, 3.63) is 15.6 Å². The maximum Gasteiger partial charge on any atom is 0.347 e. The van der Waals surface area contributed by atoms with Gasteiger partial charge in [-0.2, -0.15) is 0 Å². The number of hydrogen-bond donors (Lipinski definition) is 2. The zero-order chi connectivity index (χ0) is 16.5. The molecule has 1 fully saturated rings. The van der Waals surface area contributed by atoms with E-state index in [-0.39, 0.29) is 10.6 Å². The van der Waals surface area contributed by atoms with Gasteiger partial charge in [0.2, 0.25) is 5.91 Å². The van der Waals surface area contributed by atoms with Crippen molar-refractivity contribution >= 4 is 33.1 Å². The third-order valence-corrected chi connectivity index (χ3v) is 7.11. The molecule has 122 valence electrons. The number of sulfone groups is 1. The van der Waals surface area contributed by atoms with Gasteiger partial charge in [0.25, 0.3) is 0 Å². The lowest BCUT2D eigenvalue weighted by atomic mass is 10.1. The third-order valence-electron chi connectivity index (χ3n) is 3.61. The van der Waals surface area contributed by atoms with Crippen molar-refractivity contribution in [3.63, 3.8) is 0 Å². The first kappa shape index (κ1) is 16.9. The number of aromatic carboxylic acids is 1. The number of nitrogens with one attached hydrogen (secondary N) is 1. The number of carboxylic acids is 1. The van der Waals surface area contributed by atoms with E-state index in [1.807, 2.05) is 0 Å². The van der Waals surface area contributed by atoms with Gasteiger partial charge < -0.3 is 10.4 Å². The highest BCUT2D eigenvalue weighted by Crippen LogP contribution is 2.25. The van der Waals surface area contributed by atoms with E-state index in [2.05, 4.69) is 10.3 Å². The van der Waals surface area contributed by atoms with Crippen LogP contribution < -0.4 is 5.32 Å². The number of thiazole rings is 1. The molecule has 1 aliphatic heterocycles. The molecule has 1 saturated heterocycles. The van der Waals surface area contributed by atoms with E-state index in [1.165, 1.54) is 0 Å². The number of aryl methyl sites for hydroxylation is 1. The molecule has 0 aromatic carbocycles. The molecule has 0 saturated carbocycles. The molecule has 1 amide bonds. The molecule has 7 nitrogen and oxygen atoms in total. The summed E-state index contributed by atoms with van der Waals surface area (Å²) in [6.45, 7) is 3.25. The Morgan fingerprint density at radius 1 is 1.41 bits per heavy atom. The average molecular weight is 346 g/mol. The van der Waals surface area contributed by atoms with Crippen molar-refractivity contribution < 1.29 is 23.1 Å². The fraction of sp³-hybridized carbons (Fsp3) is 0.615. The summed E-state index contributed by atoms with van der Waals surface area (Å²) in [5.41, 5.74) is 0.388. The summed E-state index contributed by atoms with van der Waals surface area (Å²) in [5.74, 6) is -1.55. The van der Waals surface area contributed by atoms with E-state index in [9.17, 15) is 18.0 Å². The second-order valence-electron chi connectivity index (χ2n) is 5.35.